The van der Waals surface area contributed by atoms with E-state index in [0.29, 0.717) is 0 Å². The third-order valence-electron chi connectivity index (χ3n) is 5.20. The average Bonchev–Trinajstić information content (AvgIpc) is 3.33. The fourth-order valence-electron chi connectivity index (χ4n) is 3.56. The number of hydrogen-bond acceptors (Lipinski definition) is 6. The molecule has 1 aromatic rings. The maximum absolute atomic E-state index is 13.8. The molecular formula is C24H43FN4O2. The first-order chi connectivity index (χ1) is 15.1. The van der Waals surface area contributed by atoms with Crippen molar-refractivity contribution in [3.05, 3.63) is 41.7 Å². The van der Waals surface area contributed by atoms with Crippen molar-refractivity contribution in [3.63, 3.8) is 0 Å². The van der Waals surface area contributed by atoms with E-state index in [1.54, 1.807) is 21.3 Å². The zero-order chi connectivity index (χ0) is 22.9. The van der Waals surface area contributed by atoms with E-state index in [0.717, 1.165) is 50.3 Å². The largest absolute Gasteiger partial charge is 0.388 e. The summed E-state index contributed by atoms with van der Waals surface area (Å²) in [4.78, 5) is 2.40. The van der Waals surface area contributed by atoms with Crippen molar-refractivity contribution in [2.45, 2.75) is 44.8 Å². The molecule has 0 amide bonds. The van der Waals surface area contributed by atoms with Crippen molar-refractivity contribution in [2.24, 2.45) is 0 Å². The van der Waals surface area contributed by atoms with Crippen LogP contribution >= 0.6 is 0 Å². The highest BCUT2D eigenvalue weighted by atomic mass is 19.1. The van der Waals surface area contributed by atoms with Gasteiger partial charge in [0.25, 0.3) is 0 Å². The Balaban J connectivity index is 0.00000151. The zero-order valence-electron chi connectivity index (χ0n) is 20.0. The SMILES string of the molecule is CCCN/C(=C\NC(CF)C(OC)c1ccc(N2CCCC2)cc1)CCNC.COC. The molecule has 1 fully saturated rings. The highest BCUT2D eigenvalue weighted by Gasteiger charge is 2.23. The monoisotopic (exact) mass is 438 g/mol. The van der Waals surface area contributed by atoms with E-state index in [9.17, 15) is 4.39 Å². The van der Waals surface area contributed by atoms with Crippen molar-refractivity contribution in [3.8, 4) is 0 Å². The topological polar surface area (TPSA) is 57.8 Å². The Hall–Kier alpha value is -1.83. The van der Waals surface area contributed by atoms with Crippen molar-refractivity contribution >= 4 is 5.69 Å². The number of nitrogens with one attached hydrogen (secondary N) is 3. The van der Waals surface area contributed by atoms with Crippen molar-refractivity contribution in [1.29, 1.82) is 0 Å². The minimum atomic E-state index is -0.504. The summed E-state index contributed by atoms with van der Waals surface area (Å²) in [6.07, 6.45) is 5.99. The fourth-order valence-corrected chi connectivity index (χ4v) is 3.56. The van der Waals surface area contributed by atoms with Crippen LogP contribution in [0.15, 0.2) is 36.2 Å². The molecule has 0 bridgehead atoms. The summed E-state index contributed by atoms with van der Waals surface area (Å²) in [6, 6.07) is 7.94. The average molecular weight is 439 g/mol. The van der Waals surface area contributed by atoms with Gasteiger partial charge >= 0.3 is 0 Å². The predicted molar refractivity (Wildman–Crippen MR) is 128 cm³/mol. The lowest BCUT2D eigenvalue weighted by molar-refractivity contribution is 0.0633. The van der Waals surface area contributed by atoms with Crippen LogP contribution in [0.25, 0.3) is 0 Å². The number of rotatable bonds is 13. The maximum atomic E-state index is 13.8. The van der Waals surface area contributed by atoms with Crippen LogP contribution in [-0.4, -0.2) is 67.3 Å². The lowest BCUT2D eigenvalue weighted by Gasteiger charge is -2.26. The van der Waals surface area contributed by atoms with Crippen LogP contribution in [0.3, 0.4) is 0 Å². The minimum absolute atomic E-state index is 0.342. The van der Waals surface area contributed by atoms with Gasteiger partial charge in [-0.2, -0.15) is 0 Å². The summed E-state index contributed by atoms with van der Waals surface area (Å²) in [5.74, 6) is 0. The van der Waals surface area contributed by atoms with Crippen LogP contribution in [0.5, 0.6) is 0 Å². The van der Waals surface area contributed by atoms with E-state index in [1.165, 1.54) is 18.5 Å². The molecule has 2 rings (SSSR count). The van der Waals surface area contributed by atoms with E-state index in [1.807, 2.05) is 13.2 Å². The third-order valence-corrected chi connectivity index (χ3v) is 5.20. The molecule has 0 aliphatic carbocycles. The molecule has 0 aromatic heterocycles. The smallest absolute Gasteiger partial charge is 0.112 e. The van der Waals surface area contributed by atoms with Crippen LogP contribution in [0.4, 0.5) is 10.1 Å². The molecular weight excluding hydrogens is 395 g/mol. The summed E-state index contributed by atoms with van der Waals surface area (Å²) >= 11 is 0. The van der Waals surface area contributed by atoms with E-state index in [-0.39, 0.29) is 6.10 Å². The molecule has 7 heteroatoms. The molecule has 0 radical (unpaired) electrons. The molecule has 6 nitrogen and oxygen atoms in total. The Morgan fingerprint density at radius 2 is 1.77 bits per heavy atom. The van der Waals surface area contributed by atoms with Crippen molar-refractivity contribution in [2.75, 3.05) is 66.1 Å². The van der Waals surface area contributed by atoms with E-state index in [4.69, 9.17) is 4.74 Å². The van der Waals surface area contributed by atoms with Gasteiger partial charge in [-0.3, -0.25) is 0 Å². The summed E-state index contributed by atoms with van der Waals surface area (Å²) in [7, 11) is 6.83. The summed E-state index contributed by atoms with van der Waals surface area (Å²) in [5, 5.41) is 9.81. The second-order valence-electron chi connectivity index (χ2n) is 7.73. The van der Waals surface area contributed by atoms with Crippen LogP contribution in [0.2, 0.25) is 0 Å². The molecule has 1 aliphatic rings. The second-order valence-corrected chi connectivity index (χ2v) is 7.73. The van der Waals surface area contributed by atoms with Crippen LogP contribution < -0.4 is 20.9 Å². The Morgan fingerprint density at radius 3 is 2.29 bits per heavy atom. The van der Waals surface area contributed by atoms with E-state index < -0.39 is 12.7 Å². The molecule has 2 unspecified atom stereocenters. The number of nitrogens with zero attached hydrogens (tertiary/aromatic N) is 1. The van der Waals surface area contributed by atoms with Gasteiger partial charge in [0.05, 0.1) is 6.04 Å². The molecule has 3 N–H and O–H groups in total. The lowest BCUT2D eigenvalue weighted by Crippen LogP contribution is -2.35. The Kier molecular flexibility index (Phi) is 14.8. The summed E-state index contributed by atoms with van der Waals surface area (Å²) < 4.78 is 23.8. The minimum Gasteiger partial charge on any atom is -0.388 e. The normalized spacial score (nSPS) is 15.8. The highest BCUT2D eigenvalue weighted by molar-refractivity contribution is 5.48. The maximum Gasteiger partial charge on any atom is 0.112 e. The molecule has 1 saturated heterocycles. The van der Waals surface area contributed by atoms with Crippen molar-refractivity contribution in [1.82, 2.24) is 16.0 Å². The third kappa shape index (κ3) is 9.89. The number of anilines is 1. The summed E-state index contributed by atoms with van der Waals surface area (Å²) in [5.41, 5.74) is 3.31. The standard InChI is InChI=1S/C22H37FN4O.C2H6O/c1-4-12-25-19(11-13-24-2)17-26-21(16-23)22(28-3)18-7-9-20(10-8-18)27-14-5-6-15-27;1-3-2/h7-10,17,21-22,24-26H,4-6,11-16H2,1-3H3;1-2H3/b19-17-;. The van der Waals surface area contributed by atoms with Gasteiger partial charge in [-0.15, -0.1) is 0 Å². The zero-order valence-corrected chi connectivity index (χ0v) is 20.0. The van der Waals surface area contributed by atoms with E-state index in [2.05, 4.69) is 56.8 Å². The number of benzene rings is 1. The number of ether oxygens (including phenoxy) is 2. The van der Waals surface area contributed by atoms with Gasteiger partial charge in [0, 0.05) is 71.5 Å². The predicted octanol–water partition coefficient (Wildman–Crippen LogP) is 3.62. The molecule has 0 spiro atoms. The Bertz CT molecular complexity index is 582. The molecule has 2 atom stereocenters. The second kappa shape index (κ2) is 16.8. The first-order valence-corrected chi connectivity index (χ1v) is 11.3. The van der Waals surface area contributed by atoms with Gasteiger partial charge in [0.2, 0.25) is 0 Å². The first-order valence-electron chi connectivity index (χ1n) is 11.3. The first kappa shape index (κ1) is 27.2. The highest BCUT2D eigenvalue weighted by Crippen LogP contribution is 2.26. The fraction of sp³-hybridized carbons (Fsp3) is 0.667. The number of alkyl halides is 1. The molecule has 1 aliphatic heterocycles. The quantitative estimate of drug-likeness (QED) is 0.437. The molecule has 31 heavy (non-hydrogen) atoms. The van der Waals surface area contributed by atoms with E-state index >= 15 is 0 Å². The molecule has 1 aromatic carbocycles. The van der Waals surface area contributed by atoms with Gasteiger partial charge in [-0.05, 0) is 44.0 Å². The van der Waals surface area contributed by atoms with Crippen LogP contribution in [-0.2, 0) is 9.47 Å². The molecule has 0 saturated carbocycles. The molecule has 178 valence electrons. The van der Waals surface area contributed by atoms with Crippen molar-refractivity contribution < 1.29 is 13.9 Å². The Morgan fingerprint density at radius 1 is 1.13 bits per heavy atom. The van der Waals surface area contributed by atoms with Crippen LogP contribution in [0.1, 0.15) is 44.3 Å². The number of hydrogen-bond donors (Lipinski definition) is 3. The number of halogens is 1. The Labute approximate surface area is 188 Å². The lowest BCUT2D eigenvalue weighted by atomic mass is 10.0. The van der Waals surface area contributed by atoms with Gasteiger partial charge in [0.1, 0.15) is 12.8 Å². The number of methoxy groups -OCH3 is 2. The van der Waals surface area contributed by atoms with Gasteiger partial charge < -0.3 is 30.3 Å². The van der Waals surface area contributed by atoms with Crippen LogP contribution in [0, 0.1) is 0 Å². The molecule has 1 heterocycles. The van der Waals surface area contributed by atoms with Gasteiger partial charge in [0.15, 0.2) is 0 Å². The van der Waals surface area contributed by atoms with Gasteiger partial charge in [-0.1, -0.05) is 19.1 Å². The van der Waals surface area contributed by atoms with Gasteiger partial charge in [-0.25, -0.2) is 4.39 Å². The summed E-state index contributed by atoms with van der Waals surface area (Å²) in [6.45, 7) is 5.64.